The number of benzene rings is 1. The summed E-state index contributed by atoms with van der Waals surface area (Å²) in [6.07, 6.45) is 7.64. The van der Waals surface area contributed by atoms with Gasteiger partial charge in [0.05, 0.1) is 12.2 Å². The van der Waals surface area contributed by atoms with E-state index in [9.17, 15) is 13.6 Å². The number of hydrogen-bond acceptors (Lipinski definition) is 4. The summed E-state index contributed by atoms with van der Waals surface area (Å²) in [6, 6.07) is 3.20. The molecule has 2 aliphatic carbocycles. The van der Waals surface area contributed by atoms with Crippen molar-refractivity contribution in [2.45, 2.75) is 51.0 Å². The predicted octanol–water partition coefficient (Wildman–Crippen LogP) is 3.82. The molecule has 0 radical (unpaired) electrons. The molecule has 8 heteroatoms. The van der Waals surface area contributed by atoms with Crippen molar-refractivity contribution in [3.8, 4) is 5.69 Å². The maximum Gasteiger partial charge on any atom is 0.274 e. The van der Waals surface area contributed by atoms with Crippen LogP contribution in [0.4, 0.5) is 8.78 Å². The van der Waals surface area contributed by atoms with E-state index in [0.29, 0.717) is 12.1 Å². The van der Waals surface area contributed by atoms with Gasteiger partial charge in [0.1, 0.15) is 17.3 Å². The molecule has 2 heterocycles. The molecule has 29 heavy (non-hydrogen) atoms. The maximum absolute atomic E-state index is 14.2. The van der Waals surface area contributed by atoms with E-state index >= 15 is 0 Å². The highest BCUT2D eigenvalue weighted by atomic mass is 19.1. The number of nitrogens with zero attached hydrogens (tertiary/aromatic N) is 3. The Morgan fingerprint density at radius 1 is 1.17 bits per heavy atom. The first-order valence-electron chi connectivity index (χ1n) is 9.92. The fourth-order valence-corrected chi connectivity index (χ4v) is 4.36. The molecule has 0 bridgehead atoms. The van der Waals surface area contributed by atoms with Crippen molar-refractivity contribution in [2.24, 2.45) is 0 Å². The highest BCUT2D eigenvalue weighted by Crippen LogP contribution is 2.32. The highest BCUT2D eigenvalue weighted by molar-refractivity contribution is 5.94. The second-order valence-corrected chi connectivity index (χ2v) is 7.61. The van der Waals surface area contributed by atoms with Gasteiger partial charge in [0, 0.05) is 29.3 Å². The van der Waals surface area contributed by atoms with Crippen molar-refractivity contribution >= 4 is 5.91 Å². The van der Waals surface area contributed by atoms with Gasteiger partial charge in [0.15, 0.2) is 11.5 Å². The molecule has 0 saturated carbocycles. The maximum atomic E-state index is 14.2. The third kappa shape index (κ3) is 3.12. The molecule has 1 N–H and O–H groups in total. The van der Waals surface area contributed by atoms with Crippen LogP contribution in [0.2, 0.25) is 0 Å². The number of aromatic nitrogens is 3. The molecule has 0 saturated heterocycles. The van der Waals surface area contributed by atoms with E-state index in [1.807, 2.05) is 0 Å². The standard InChI is InChI=1S/C21H20F2N4O2/c22-12-8-9-18(15(23)10-12)27-17-6-3-5-16(14(17)11-24-27)25-21(28)20-13-4-1-2-7-19(13)29-26-20/h8-11,16H,1-7H2,(H,25,28). The Labute approximate surface area is 165 Å². The fraction of sp³-hybridized carbons (Fsp3) is 0.381. The van der Waals surface area contributed by atoms with E-state index < -0.39 is 11.6 Å². The van der Waals surface area contributed by atoms with Crippen LogP contribution in [0.5, 0.6) is 0 Å². The molecular weight excluding hydrogens is 378 g/mol. The summed E-state index contributed by atoms with van der Waals surface area (Å²) in [4.78, 5) is 12.9. The van der Waals surface area contributed by atoms with Crippen molar-refractivity contribution in [1.29, 1.82) is 0 Å². The molecule has 5 rings (SSSR count). The van der Waals surface area contributed by atoms with Crippen molar-refractivity contribution in [2.75, 3.05) is 0 Å². The lowest BCUT2D eigenvalue weighted by Gasteiger charge is -2.24. The van der Waals surface area contributed by atoms with Crippen molar-refractivity contribution in [1.82, 2.24) is 20.3 Å². The summed E-state index contributed by atoms with van der Waals surface area (Å²) < 4.78 is 34.4. The second kappa shape index (κ2) is 7.09. The van der Waals surface area contributed by atoms with Crippen LogP contribution >= 0.6 is 0 Å². The summed E-state index contributed by atoms with van der Waals surface area (Å²) >= 11 is 0. The Hall–Kier alpha value is -3.03. The Morgan fingerprint density at radius 2 is 2.03 bits per heavy atom. The molecule has 0 spiro atoms. The summed E-state index contributed by atoms with van der Waals surface area (Å²) in [7, 11) is 0. The van der Waals surface area contributed by atoms with Crippen LogP contribution in [0, 0.1) is 11.6 Å². The van der Waals surface area contributed by atoms with Gasteiger partial charge in [-0.2, -0.15) is 5.10 Å². The topological polar surface area (TPSA) is 73.0 Å². The van der Waals surface area contributed by atoms with E-state index in [-0.39, 0.29) is 17.6 Å². The largest absolute Gasteiger partial charge is 0.360 e. The zero-order valence-corrected chi connectivity index (χ0v) is 15.8. The van der Waals surface area contributed by atoms with Crippen molar-refractivity contribution in [3.63, 3.8) is 0 Å². The number of fused-ring (bicyclic) bond motifs is 2. The first-order valence-corrected chi connectivity index (χ1v) is 9.92. The lowest BCUT2D eigenvalue weighted by molar-refractivity contribution is 0.0922. The molecule has 1 amide bonds. The molecule has 1 aromatic carbocycles. The number of carbonyl (C=O) groups is 1. The van der Waals surface area contributed by atoms with E-state index in [1.165, 1.54) is 16.8 Å². The highest BCUT2D eigenvalue weighted by Gasteiger charge is 2.30. The molecule has 0 fully saturated rings. The van der Waals surface area contributed by atoms with Crippen LogP contribution in [0.25, 0.3) is 5.69 Å². The normalized spacial score (nSPS) is 18.2. The Morgan fingerprint density at radius 3 is 2.90 bits per heavy atom. The zero-order chi connectivity index (χ0) is 20.0. The summed E-state index contributed by atoms with van der Waals surface area (Å²) in [5, 5.41) is 11.4. The predicted molar refractivity (Wildman–Crippen MR) is 99.8 cm³/mol. The van der Waals surface area contributed by atoms with Crippen LogP contribution in [-0.4, -0.2) is 20.8 Å². The van der Waals surface area contributed by atoms with Crippen molar-refractivity contribution < 1.29 is 18.1 Å². The monoisotopic (exact) mass is 398 g/mol. The Bertz CT molecular complexity index is 1090. The average Bonchev–Trinajstić information content (AvgIpc) is 3.33. The van der Waals surface area contributed by atoms with Gasteiger partial charge < -0.3 is 9.84 Å². The lowest BCUT2D eigenvalue weighted by Crippen LogP contribution is -2.32. The second-order valence-electron chi connectivity index (χ2n) is 7.61. The smallest absolute Gasteiger partial charge is 0.274 e. The molecule has 1 atom stereocenters. The first-order chi connectivity index (χ1) is 14.1. The van der Waals surface area contributed by atoms with Crippen LogP contribution in [-0.2, 0) is 19.3 Å². The van der Waals surface area contributed by atoms with Crippen molar-refractivity contribution in [3.05, 3.63) is 64.3 Å². The minimum absolute atomic E-state index is 0.199. The third-order valence-corrected chi connectivity index (χ3v) is 5.79. The molecular formula is C21H20F2N4O2. The molecule has 150 valence electrons. The van der Waals surface area contributed by atoms with Crippen LogP contribution in [0.3, 0.4) is 0 Å². The number of halogens is 2. The number of carbonyl (C=O) groups excluding carboxylic acids is 1. The lowest BCUT2D eigenvalue weighted by atomic mass is 9.92. The molecule has 3 aromatic rings. The van der Waals surface area contributed by atoms with Gasteiger partial charge in [-0.3, -0.25) is 4.79 Å². The first kappa shape index (κ1) is 18.0. The van der Waals surface area contributed by atoms with E-state index in [2.05, 4.69) is 15.6 Å². The summed E-state index contributed by atoms with van der Waals surface area (Å²) in [6.45, 7) is 0. The van der Waals surface area contributed by atoms with Crippen LogP contribution < -0.4 is 5.32 Å². The minimum Gasteiger partial charge on any atom is -0.360 e. The van der Waals surface area contributed by atoms with Gasteiger partial charge in [0.2, 0.25) is 0 Å². The number of hydrogen-bond donors (Lipinski definition) is 1. The molecule has 6 nitrogen and oxygen atoms in total. The Balaban J connectivity index is 1.42. The Kier molecular flexibility index (Phi) is 4.41. The molecule has 1 unspecified atom stereocenters. The molecule has 2 aromatic heterocycles. The van der Waals surface area contributed by atoms with E-state index in [0.717, 1.165) is 67.2 Å². The van der Waals surface area contributed by atoms with Gasteiger partial charge in [-0.25, -0.2) is 13.5 Å². The fourth-order valence-electron chi connectivity index (χ4n) is 4.36. The number of nitrogens with one attached hydrogen (secondary N) is 1. The zero-order valence-electron chi connectivity index (χ0n) is 15.8. The SMILES string of the molecule is O=C(NC1CCCc2c1cnn2-c1ccc(F)cc1F)c1noc2c1CCCC2. The van der Waals surface area contributed by atoms with Gasteiger partial charge in [-0.05, 0) is 50.7 Å². The van der Waals surface area contributed by atoms with Crippen LogP contribution in [0.1, 0.15) is 64.8 Å². The van der Waals surface area contributed by atoms with Gasteiger partial charge in [-0.15, -0.1) is 0 Å². The quantitative estimate of drug-likeness (QED) is 0.728. The summed E-state index contributed by atoms with van der Waals surface area (Å²) in [5.41, 5.74) is 3.16. The molecule has 2 aliphatic rings. The van der Waals surface area contributed by atoms with Crippen LogP contribution in [0.15, 0.2) is 28.9 Å². The number of aryl methyl sites for hydroxylation is 1. The third-order valence-electron chi connectivity index (χ3n) is 5.79. The van der Waals surface area contributed by atoms with Gasteiger partial charge in [-0.1, -0.05) is 5.16 Å². The number of rotatable bonds is 3. The van der Waals surface area contributed by atoms with Gasteiger partial charge in [0.25, 0.3) is 5.91 Å². The van der Waals surface area contributed by atoms with Gasteiger partial charge >= 0.3 is 0 Å². The van der Waals surface area contributed by atoms with E-state index in [1.54, 1.807) is 6.20 Å². The summed E-state index contributed by atoms with van der Waals surface area (Å²) in [5.74, 6) is -0.745. The van der Waals surface area contributed by atoms with E-state index in [4.69, 9.17) is 4.52 Å². The minimum atomic E-state index is -0.670. The molecule has 0 aliphatic heterocycles. The number of amides is 1. The average molecular weight is 398 g/mol.